The molecule has 0 saturated heterocycles. The minimum Gasteiger partial charge on any atom is -0.310 e. The minimum atomic E-state index is -0.000949. The number of rotatable bonds is 5. The second-order valence-corrected chi connectivity index (χ2v) is 7.14. The van der Waals surface area contributed by atoms with E-state index in [9.17, 15) is 4.79 Å². The molecule has 2 aliphatic rings. The first-order chi connectivity index (χ1) is 12.1. The summed E-state index contributed by atoms with van der Waals surface area (Å²) in [4.78, 5) is 23.4. The van der Waals surface area contributed by atoms with Crippen LogP contribution in [0.15, 0.2) is 18.5 Å². The zero-order valence-corrected chi connectivity index (χ0v) is 14.8. The number of aromatic nitrogens is 4. The van der Waals surface area contributed by atoms with Crippen molar-refractivity contribution >= 4 is 11.7 Å². The standard InChI is InChI=1S/C18H24N6O/c1-12(14-3-4-14)24-17(5-7-20-24)22-18(25)11-23-8-6-15-9-19-13(2)21-16(15)10-23/h5,7,9,12,14H,3-4,6,8,10-11H2,1-2H3,(H,22,25). The molecule has 0 aromatic carbocycles. The van der Waals surface area contributed by atoms with E-state index in [-0.39, 0.29) is 5.91 Å². The Bertz CT molecular complexity index is 782. The lowest BCUT2D eigenvalue weighted by Gasteiger charge is -2.27. The predicted octanol–water partition coefficient (Wildman–Crippen LogP) is 1.95. The summed E-state index contributed by atoms with van der Waals surface area (Å²) in [6, 6.07) is 2.21. The molecule has 1 amide bonds. The predicted molar refractivity (Wildman–Crippen MR) is 94.0 cm³/mol. The Hall–Kier alpha value is -2.28. The van der Waals surface area contributed by atoms with E-state index in [2.05, 4.69) is 32.2 Å². The van der Waals surface area contributed by atoms with Gasteiger partial charge in [0, 0.05) is 25.4 Å². The number of anilines is 1. The van der Waals surface area contributed by atoms with Gasteiger partial charge >= 0.3 is 0 Å². The molecule has 1 N–H and O–H groups in total. The summed E-state index contributed by atoms with van der Waals surface area (Å²) in [6.07, 6.45) is 7.06. The second kappa shape index (κ2) is 6.55. The zero-order chi connectivity index (χ0) is 17.4. The molecule has 25 heavy (non-hydrogen) atoms. The summed E-state index contributed by atoms with van der Waals surface area (Å²) in [5.74, 6) is 2.26. The van der Waals surface area contributed by atoms with Crippen molar-refractivity contribution in [2.75, 3.05) is 18.4 Å². The van der Waals surface area contributed by atoms with Crippen LogP contribution in [0.2, 0.25) is 0 Å². The summed E-state index contributed by atoms with van der Waals surface area (Å²) in [6.45, 7) is 5.98. The molecule has 3 heterocycles. The highest BCUT2D eigenvalue weighted by atomic mass is 16.2. The van der Waals surface area contributed by atoms with Gasteiger partial charge in [0.15, 0.2) is 0 Å². The molecule has 4 rings (SSSR count). The number of carbonyl (C=O) groups is 1. The molecular weight excluding hydrogens is 316 g/mol. The van der Waals surface area contributed by atoms with Gasteiger partial charge in [-0.15, -0.1) is 0 Å². The third-order valence-electron chi connectivity index (χ3n) is 5.14. The van der Waals surface area contributed by atoms with Gasteiger partial charge in [-0.25, -0.2) is 14.6 Å². The van der Waals surface area contributed by atoms with Gasteiger partial charge in [-0.2, -0.15) is 5.10 Å². The molecule has 1 unspecified atom stereocenters. The Morgan fingerprint density at radius 1 is 1.44 bits per heavy atom. The fraction of sp³-hybridized carbons (Fsp3) is 0.556. The van der Waals surface area contributed by atoms with Gasteiger partial charge in [0.05, 0.1) is 24.5 Å². The maximum Gasteiger partial charge on any atom is 0.239 e. The molecule has 2 aromatic rings. The average molecular weight is 340 g/mol. The first-order valence-electron chi connectivity index (χ1n) is 8.97. The van der Waals surface area contributed by atoms with Crippen molar-refractivity contribution in [3.8, 4) is 0 Å². The van der Waals surface area contributed by atoms with E-state index in [0.29, 0.717) is 25.0 Å². The van der Waals surface area contributed by atoms with Crippen LogP contribution in [0.4, 0.5) is 5.82 Å². The molecule has 0 bridgehead atoms. The van der Waals surface area contributed by atoms with Crippen molar-refractivity contribution in [2.45, 2.75) is 45.7 Å². The molecule has 7 nitrogen and oxygen atoms in total. The first-order valence-corrected chi connectivity index (χ1v) is 8.97. The van der Waals surface area contributed by atoms with Gasteiger partial charge in [-0.05, 0) is 44.6 Å². The fourth-order valence-corrected chi connectivity index (χ4v) is 3.49. The molecule has 1 atom stereocenters. The highest BCUT2D eigenvalue weighted by Crippen LogP contribution is 2.40. The number of nitrogens with one attached hydrogen (secondary N) is 1. The number of carbonyl (C=O) groups excluding carboxylic acids is 1. The quantitative estimate of drug-likeness (QED) is 0.900. The number of nitrogens with zero attached hydrogens (tertiary/aromatic N) is 5. The van der Waals surface area contributed by atoms with E-state index < -0.39 is 0 Å². The molecule has 0 radical (unpaired) electrons. The van der Waals surface area contributed by atoms with Crippen LogP contribution in [0.5, 0.6) is 0 Å². The monoisotopic (exact) mass is 340 g/mol. The number of hydrogen-bond acceptors (Lipinski definition) is 5. The van der Waals surface area contributed by atoms with Crippen LogP contribution in [0, 0.1) is 12.8 Å². The summed E-state index contributed by atoms with van der Waals surface area (Å²) in [7, 11) is 0. The third-order valence-corrected chi connectivity index (χ3v) is 5.14. The van der Waals surface area contributed by atoms with E-state index in [1.165, 1.54) is 18.4 Å². The number of amides is 1. The smallest absolute Gasteiger partial charge is 0.239 e. The minimum absolute atomic E-state index is 0.000949. The van der Waals surface area contributed by atoms with Crippen LogP contribution in [0.1, 0.15) is 42.9 Å². The molecule has 1 saturated carbocycles. The summed E-state index contributed by atoms with van der Waals surface area (Å²) >= 11 is 0. The van der Waals surface area contributed by atoms with Gasteiger partial charge in [0.1, 0.15) is 11.6 Å². The summed E-state index contributed by atoms with van der Waals surface area (Å²) in [5.41, 5.74) is 2.23. The Morgan fingerprint density at radius 3 is 3.08 bits per heavy atom. The maximum absolute atomic E-state index is 12.5. The van der Waals surface area contributed by atoms with Crippen molar-refractivity contribution in [1.82, 2.24) is 24.6 Å². The van der Waals surface area contributed by atoms with Gasteiger partial charge in [0.2, 0.25) is 5.91 Å². The van der Waals surface area contributed by atoms with Crippen LogP contribution >= 0.6 is 0 Å². The van der Waals surface area contributed by atoms with Gasteiger partial charge < -0.3 is 5.32 Å². The SMILES string of the molecule is Cc1ncc2c(n1)CN(CC(=O)Nc1ccnn1C(C)C1CC1)CC2. The van der Waals surface area contributed by atoms with Crippen LogP contribution < -0.4 is 5.32 Å². The number of fused-ring (bicyclic) bond motifs is 1. The van der Waals surface area contributed by atoms with E-state index in [1.807, 2.05) is 23.9 Å². The molecule has 1 fully saturated rings. The Balaban J connectivity index is 1.38. The Labute approximate surface area is 147 Å². The Morgan fingerprint density at radius 2 is 2.28 bits per heavy atom. The van der Waals surface area contributed by atoms with Crippen LogP contribution in [0.3, 0.4) is 0 Å². The molecule has 7 heteroatoms. The van der Waals surface area contributed by atoms with Crippen molar-refractivity contribution in [2.24, 2.45) is 5.92 Å². The molecule has 1 aliphatic carbocycles. The van der Waals surface area contributed by atoms with Crippen LogP contribution in [-0.4, -0.2) is 43.6 Å². The zero-order valence-electron chi connectivity index (χ0n) is 14.8. The third kappa shape index (κ3) is 3.56. The maximum atomic E-state index is 12.5. The van der Waals surface area contributed by atoms with Crippen molar-refractivity contribution < 1.29 is 4.79 Å². The number of hydrogen-bond donors (Lipinski definition) is 1. The highest BCUT2D eigenvalue weighted by Gasteiger charge is 2.31. The lowest BCUT2D eigenvalue weighted by Crippen LogP contribution is -2.38. The van der Waals surface area contributed by atoms with E-state index in [0.717, 1.165) is 30.3 Å². The lowest BCUT2D eigenvalue weighted by atomic mass is 10.1. The highest BCUT2D eigenvalue weighted by molar-refractivity contribution is 5.91. The van der Waals surface area contributed by atoms with Crippen molar-refractivity contribution in [1.29, 1.82) is 0 Å². The van der Waals surface area contributed by atoms with Gasteiger partial charge in [0.25, 0.3) is 0 Å². The largest absolute Gasteiger partial charge is 0.310 e. The number of aryl methyl sites for hydroxylation is 1. The molecule has 2 aromatic heterocycles. The Kier molecular flexibility index (Phi) is 4.25. The molecule has 132 valence electrons. The van der Waals surface area contributed by atoms with E-state index in [1.54, 1.807) is 6.20 Å². The lowest BCUT2D eigenvalue weighted by molar-refractivity contribution is -0.117. The van der Waals surface area contributed by atoms with Crippen molar-refractivity contribution in [3.63, 3.8) is 0 Å². The van der Waals surface area contributed by atoms with Crippen molar-refractivity contribution in [3.05, 3.63) is 35.5 Å². The van der Waals surface area contributed by atoms with E-state index >= 15 is 0 Å². The van der Waals surface area contributed by atoms with E-state index in [4.69, 9.17) is 0 Å². The fourth-order valence-electron chi connectivity index (χ4n) is 3.49. The second-order valence-electron chi connectivity index (χ2n) is 7.14. The summed E-state index contributed by atoms with van der Waals surface area (Å²) in [5, 5.41) is 7.41. The van der Waals surface area contributed by atoms with Crippen LogP contribution in [0.25, 0.3) is 0 Å². The topological polar surface area (TPSA) is 75.9 Å². The molecule has 1 aliphatic heterocycles. The molecule has 0 spiro atoms. The van der Waals surface area contributed by atoms with Gasteiger partial charge in [-0.1, -0.05) is 0 Å². The summed E-state index contributed by atoms with van der Waals surface area (Å²) < 4.78 is 1.94. The van der Waals surface area contributed by atoms with Gasteiger partial charge in [-0.3, -0.25) is 9.69 Å². The average Bonchev–Trinajstić information content (AvgIpc) is 3.34. The van der Waals surface area contributed by atoms with Crippen LogP contribution in [-0.2, 0) is 17.8 Å². The normalized spacial score (nSPS) is 18.6. The first kappa shape index (κ1) is 16.2. The molecular formula is C18H24N6O.